The maximum Gasteiger partial charge on any atom is 0.136 e. The lowest BCUT2D eigenvalue weighted by atomic mass is 10.1. The smallest absolute Gasteiger partial charge is 0.136 e. The van der Waals surface area contributed by atoms with Crippen LogP contribution in [-0.2, 0) is 6.42 Å². The summed E-state index contributed by atoms with van der Waals surface area (Å²) in [6.45, 7) is 6.43. The number of aryl methyl sites for hydroxylation is 2. The lowest BCUT2D eigenvalue weighted by molar-refractivity contribution is 0.795. The lowest BCUT2D eigenvalue weighted by Gasteiger charge is -2.07. The van der Waals surface area contributed by atoms with Gasteiger partial charge in [0.2, 0.25) is 0 Å². The molecule has 0 fully saturated rings. The minimum Gasteiger partial charge on any atom is -0.303 e. The SMILES string of the molecule is CCCCc1ccc(N=Cc2cc(C)n(-c3ccccn3)c2C)cc1. The maximum atomic E-state index is 4.65. The van der Waals surface area contributed by atoms with Crippen molar-refractivity contribution in [2.24, 2.45) is 4.99 Å². The zero-order valence-corrected chi connectivity index (χ0v) is 15.2. The van der Waals surface area contributed by atoms with E-state index in [-0.39, 0.29) is 0 Å². The van der Waals surface area contributed by atoms with Crippen LogP contribution < -0.4 is 0 Å². The van der Waals surface area contributed by atoms with Crippen molar-refractivity contribution in [1.82, 2.24) is 9.55 Å². The van der Waals surface area contributed by atoms with Crippen molar-refractivity contribution in [1.29, 1.82) is 0 Å². The van der Waals surface area contributed by atoms with E-state index >= 15 is 0 Å². The van der Waals surface area contributed by atoms with Crippen LogP contribution in [0.1, 0.15) is 42.3 Å². The van der Waals surface area contributed by atoms with E-state index in [1.807, 2.05) is 30.6 Å². The van der Waals surface area contributed by atoms with Crippen LogP contribution in [0.3, 0.4) is 0 Å². The van der Waals surface area contributed by atoms with Crippen molar-refractivity contribution in [3.8, 4) is 5.82 Å². The van der Waals surface area contributed by atoms with Gasteiger partial charge in [0, 0.05) is 29.4 Å². The van der Waals surface area contributed by atoms with Gasteiger partial charge >= 0.3 is 0 Å². The molecule has 0 radical (unpaired) electrons. The molecular weight excluding hydrogens is 306 g/mol. The van der Waals surface area contributed by atoms with Gasteiger partial charge in [0.15, 0.2) is 0 Å². The molecule has 2 aromatic heterocycles. The average Bonchev–Trinajstić information content (AvgIpc) is 2.93. The van der Waals surface area contributed by atoms with Crippen LogP contribution >= 0.6 is 0 Å². The second kappa shape index (κ2) is 7.93. The van der Waals surface area contributed by atoms with Crippen LogP contribution in [0.2, 0.25) is 0 Å². The van der Waals surface area contributed by atoms with E-state index in [0.717, 1.165) is 34.9 Å². The fraction of sp³-hybridized carbons (Fsp3) is 0.273. The molecule has 2 heterocycles. The fourth-order valence-electron chi connectivity index (χ4n) is 3.03. The second-order valence-electron chi connectivity index (χ2n) is 6.38. The number of unbranched alkanes of at least 4 members (excludes halogenated alkanes) is 1. The summed E-state index contributed by atoms with van der Waals surface area (Å²) >= 11 is 0. The fourth-order valence-corrected chi connectivity index (χ4v) is 3.03. The largest absolute Gasteiger partial charge is 0.303 e. The van der Waals surface area contributed by atoms with Crippen LogP contribution in [0, 0.1) is 13.8 Å². The van der Waals surface area contributed by atoms with Crippen LogP contribution in [0.5, 0.6) is 0 Å². The third kappa shape index (κ3) is 4.05. The number of nitrogens with zero attached hydrogens (tertiary/aromatic N) is 3. The highest BCUT2D eigenvalue weighted by Gasteiger charge is 2.09. The zero-order valence-electron chi connectivity index (χ0n) is 15.2. The summed E-state index contributed by atoms with van der Waals surface area (Å²) in [6.07, 6.45) is 7.38. The molecule has 0 atom stereocenters. The molecule has 0 N–H and O–H groups in total. The summed E-state index contributed by atoms with van der Waals surface area (Å²) < 4.78 is 2.16. The normalized spacial score (nSPS) is 11.3. The number of rotatable bonds is 6. The van der Waals surface area contributed by atoms with E-state index in [9.17, 15) is 0 Å². The number of pyridine rings is 1. The summed E-state index contributed by atoms with van der Waals surface area (Å²) in [5, 5.41) is 0. The van der Waals surface area contributed by atoms with Crippen LogP contribution in [0.15, 0.2) is 59.7 Å². The van der Waals surface area contributed by atoms with Gasteiger partial charge in [0.05, 0.1) is 5.69 Å². The predicted molar refractivity (Wildman–Crippen MR) is 105 cm³/mol. The average molecular weight is 331 g/mol. The Morgan fingerprint density at radius 1 is 1.08 bits per heavy atom. The third-order valence-corrected chi connectivity index (χ3v) is 4.46. The highest BCUT2D eigenvalue weighted by molar-refractivity contribution is 5.84. The Balaban J connectivity index is 1.80. The molecule has 128 valence electrons. The molecule has 3 aromatic rings. The molecule has 0 aliphatic rings. The molecule has 3 nitrogen and oxygen atoms in total. The minimum atomic E-state index is 0.942. The van der Waals surface area contributed by atoms with Gasteiger partial charge in [-0.05, 0) is 62.6 Å². The molecule has 0 amide bonds. The van der Waals surface area contributed by atoms with Gasteiger partial charge in [-0.3, -0.25) is 4.99 Å². The molecule has 0 spiro atoms. The van der Waals surface area contributed by atoms with Crippen molar-refractivity contribution < 1.29 is 0 Å². The summed E-state index contributed by atoms with van der Waals surface area (Å²) in [4.78, 5) is 9.10. The third-order valence-electron chi connectivity index (χ3n) is 4.46. The summed E-state index contributed by atoms with van der Waals surface area (Å²) in [5.74, 6) is 0.942. The van der Waals surface area contributed by atoms with Gasteiger partial charge in [-0.15, -0.1) is 0 Å². The monoisotopic (exact) mass is 331 g/mol. The molecule has 0 bridgehead atoms. The summed E-state index contributed by atoms with van der Waals surface area (Å²) in [6, 6.07) is 16.7. The number of hydrogen-bond donors (Lipinski definition) is 0. The van der Waals surface area contributed by atoms with Crippen molar-refractivity contribution in [3.05, 3.63) is 77.2 Å². The molecule has 3 heteroatoms. The first-order valence-electron chi connectivity index (χ1n) is 8.92. The lowest BCUT2D eigenvalue weighted by Crippen LogP contribution is -2.01. The molecule has 3 rings (SSSR count). The van der Waals surface area contributed by atoms with E-state index in [1.54, 1.807) is 0 Å². The van der Waals surface area contributed by atoms with Crippen LogP contribution in [0.4, 0.5) is 5.69 Å². The Kier molecular flexibility index (Phi) is 5.44. The van der Waals surface area contributed by atoms with Crippen molar-refractivity contribution in [2.45, 2.75) is 40.0 Å². The molecule has 1 aromatic carbocycles. The second-order valence-corrected chi connectivity index (χ2v) is 6.38. The van der Waals surface area contributed by atoms with E-state index in [1.165, 1.54) is 18.4 Å². The van der Waals surface area contributed by atoms with Gasteiger partial charge in [0.25, 0.3) is 0 Å². The summed E-state index contributed by atoms with van der Waals surface area (Å²) in [7, 11) is 0. The topological polar surface area (TPSA) is 30.2 Å². The van der Waals surface area contributed by atoms with Gasteiger partial charge in [-0.25, -0.2) is 4.98 Å². The molecule has 0 aliphatic heterocycles. The molecule has 0 unspecified atom stereocenters. The van der Waals surface area contributed by atoms with Crippen LogP contribution in [-0.4, -0.2) is 15.8 Å². The minimum absolute atomic E-state index is 0.942. The molecule has 0 saturated carbocycles. The molecule has 25 heavy (non-hydrogen) atoms. The van der Waals surface area contributed by atoms with Crippen molar-refractivity contribution in [3.63, 3.8) is 0 Å². The number of aliphatic imine (C=N–C) groups is 1. The maximum absolute atomic E-state index is 4.65. The molecule has 0 aliphatic carbocycles. The first-order valence-corrected chi connectivity index (χ1v) is 8.92. The zero-order chi connectivity index (χ0) is 17.6. The number of aromatic nitrogens is 2. The van der Waals surface area contributed by atoms with Crippen molar-refractivity contribution in [2.75, 3.05) is 0 Å². The number of benzene rings is 1. The quantitative estimate of drug-likeness (QED) is 0.542. The summed E-state index contributed by atoms with van der Waals surface area (Å²) in [5.41, 5.74) is 5.81. The van der Waals surface area contributed by atoms with Gasteiger partial charge < -0.3 is 4.57 Å². The van der Waals surface area contributed by atoms with E-state index in [4.69, 9.17) is 0 Å². The van der Waals surface area contributed by atoms with E-state index < -0.39 is 0 Å². The van der Waals surface area contributed by atoms with Crippen molar-refractivity contribution >= 4 is 11.9 Å². The highest BCUT2D eigenvalue weighted by atomic mass is 15.1. The van der Waals surface area contributed by atoms with Gasteiger partial charge in [-0.2, -0.15) is 0 Å². The van der Waals surface area contributed by atoms with E-state index in [2.05, 4.69) is 65.6 Å². The standard InChI is InChI=1S/C22H25N3/c1-4-5-8-19-10-12-21(13-11-19)24-16-20-15-17(2)25(18(20)3)22-9-6-7-14-23-22/h6-7,9-16H,4-5,8H2,1-3H3. The van der Waals surface area contributed by atoms with E-state index in [0.29, 0.717) is 0 Å². The Bertz CT molecular complexity index is 843. The molecule has 0 saturated heterocycles. The first-order chi connectivity index (χ1) is 12.2. The Morgan fingerprint density at radius 2 is 1.88 bits per heavy atom. The van der Waals surface area contributed by atoms with Gasteiger partial charge in [0.1, 0.15) is 5.82 Å². The van der Waals surface area contributed by atoms with Crippen LogP contribution in [0.25, 0.3) is 5.82 Å². The first kappa shape index (κ1) is 17.2. The predicted octanol–water partition coefficient (Wildman–Crippen LogP) is 5.58. The van der Waals surface area contributed by atoms with Gasteiger partial charge in [-0.1, -0.05) is 31.5 Å². The Labute approximate surface area is 150 Å². The molecular formula is C22H25N3. The Hall–Kier alpha value is -2.68. The highest BCUT2D eigenvalue weighted by Crippen LogP contribution is 2.20. The Morgan fingerprint density at radius 3 is 2.56 bits per heavy atom. The number of hydrogen-bond acceptors (Lipinski definition) is 2.